The van der Waals surface area contributed by atoms with E-state index in [2.05, 4.69) is 5.32 Å². The fraction of sp³-hybridized carbons (Fsp3) is 0.133. The average molecular weight is 276 g/mol. The molecule has 0 radical (unpaired) electrons. The monoisotopic (exact) mass is 275 g/mol. The quantitative estimate of drug-likeness (QED) is 0.847. The Bertz CT molecular complexity index is 567. The first-order chi connectivity index (χ1) is 9.19. The van der Waals surface area contributed by atoms with E-state index in [0.717, 1.165) is 11.4 Å². The van der Waals surface area contributed by atoms with Crippen LogP contribution in [0.3, 0.4) is 0 Å². The maximum Gasteiger partial charge on any atom is 0.338 e. The molecule has 0 bridgehead atoms. The van der Waals surface area contributed by atoms with Crippen molar-refractivity contribution in [2.45, 2.75) is 6.92 Å². The zero-order valence-corrected chi connectivity index (χ0v) is 11.3. The van der Waals surface area contributed by atoms with Crippen LogP contribution in [0.2, 0.25) is 5.02 Å². The molecule has 0 saturated heterocycles. The van der Waals surface area contributed by atoms with Crippen LogP contribution in [0.5, 0.6) is 0 Å². The molecule has 0 amide bonds. The summed E-state index contributed by atoms with van der Waals surface area (Å²) in [6.45, 7) is 2.16. The second-order valence-electron chi connectivity index (χ2n) is 3.93. The fourth-order valence-corrected chi connectivity index (χ4v) is 1.83. The number of esters is 1. The topological polar surface area (TPSA) is 38.3 Å². The lowest BCUT2D eigenvalue weighted by atomic mass is 10.2. The lowest BCUT2D eigenvalue weighted by molar-refractivity contribution is 0.0526. The van der Waals surface area contributed by atoms with Gasteiger partial charge in [0.25, 0.3) is 0 Å². The largest absolute Gasteiger partial charge is 0.462 e. The summed E-state index contributed by atoms with van der Waals surface area (Å²) in [6, 6.07) is 14.6. The van der Waals surface area contributed by atoms with Crippen LogP contribution in [0.25, 0.3) is 0 Å². The minimum atomic E-state index is -0.309. The molecule has 0 aliphatic rings. The molecule has 3 nitrogen and oxygen atoms in total. The van der Waals surface area contributed by atoms with Crippen LogP contribution >= 0.6 is 11.6 Å². The normalized spacial score (nSPS) is 10.0. The third-order valence-electron chi connectivity index (χ3n) is 2.51. The number of halogens is 1. The van der Waals surface area contributed by atoms with Gasteiger partial charge in [0, 0.05) is 16.4 Å². The van der Waals surface area contributed by atoms with E-state index in [1.54, 1.807) is 19.1 Å². The van der Waals surface area contributed by atoms with Crippen LogP contribution in [0, 0.1) is 0 Å². The SMILES string of the molecule is CCOC(=O)c1ccc(Nc2cccc(Cl)c2)cc1. The van der Waals surface area contributed by atoms with Crippen molar-refractivity contribution >= 4 is 28.9 Å². The lowest BCUT2D eigenvalue weighted by Crippen LogP contribution is -2.04. The Labute approximate surface area is 117 Å². The van der Waals surface area contributed by atoms with E-state index < -0.39 is 0 Å². The van der Waals surface area contributed by atoms with E-state index in [-0.39, 0.29) is 5.97 Å². The first-order valence-electron chi connectivity index (χ1n) is 5.99. The molecular formula is C15H14ClNO2. The van der Waals surface area contributed by atoms with Gasteiger partial charge in [-0.1, -0.05) is 17.7 Å². The molecule has 0 saturated carbocycles. The molecule has 0 aromatic heterocycles. The number of anilines is 2. The first kappa shape index (κ1) is 13.4. The summed E-state index contributed by atoms with van der Waals surface area (Å²) in [4.78, 5) is 11.5. The zero-order chi connectivity index (χ0) is 13.7. The van der Waals surface area contributed by atoms with Gasteiger partial charge < -0.3 is 10.1 Å². The summed E-state index contributed by atoms with van der Waals surface area (Å²) in [5, 5.41) is 3.88. The molecule has 19 heavy (non-hydrogen) atoms. The predicted molar refractivity (Wildman–Crippen MR) is 77.1 cm³/mol. The van der Waals surface area contributed by atoms with Crippen molar-refractivity contribution in [3.8, 4) is 0 Å². The molecule has 1 N–H and O–H groups in total. The fourth-order valence-electron chi connectivity index (χ4n) is 1.64. The molecular weight excluding hydrogens is 262 g/mol. The highest BCUT2D eigenvalue weighted by Gasteiger charge is 2.05. The van der Waals surface area contributed by atoms with Gasteiger partial charge in [-0.15, -0.1) is 0 Å². The van der Waals surface area contributed by atoms with Crippen molar-refractivity contribution in [2.24, 2.45) is 0 Å². The third-order valence-corrected chi connectivity index (χ3v) is 2.74. The molecule has 0 atom stereocenters. The highest BCUT2D eigenvalue weighted by molar-refractivity contribution is 6.30. The molecule has 0 heterocycles. The molecule has 2 aromatic carbocycles. The third kappa shape index (κ3) is 3.73. The van der Waals surface area contributed by atoms with Crippen LogP contribution in [0.15, 0.2) is 48.5 Å². The molecule has 0 aliphatic heterocycles. The Balaban J connectivity index is 2.08. The van der Waals surface area contributed by atoms with Gasteiger partial charge in [-0.2, -0.15) is 0 Å². The summed E-state index contributed by atoms with van der Waals surface area (Å²) in [5.41, 5.74) is 2.32. The number of carbonyl (C=O) groups is 1. The maximum atomic E-state index is 11.5. The number of hydrogen-bond donors (Lipinski definition) is 1. The van der Waals surface area contributed by atoms with Crippen molar-refractivity contribution in [2.75, 3.05) is 11.9 Å². The first-order valence-corrected chi connectivity index (χ1v) is 6.36. The number of rotatable bonds is 4. The number of hydrogen-bond acceptors (Lipinski definition) is 3. The maximum absolute atomic E-state index is 11.5. The Kier molecular flexibility index (Phi) is 4.42. The van der Waals surface area contributed by atoms with E-state index in [1.807, 2.05) is 36.4 Å². The van der Waals surface area contributed by atoms with Gasteiger partial charge in [0.15, 0.2) is 0 Å². The molecule has 0 fully saturated rings. The molecule has 0 spiro atoms. The van der Waals surface area contributed by atoms with Crippen molar-refractivity contribution in [3.05, 3.63) is 59.1 Å². The van der Waals surface area contributed by atoms with Gasteiger partial charge in [0.05, 0.1) is 12.2 Å². The van der Waals surface area contributed by atoms with Crippen LogP contribution in [0.4, 0.5) is 11.4 Å². The van der Waals surface area contributed by atoms with E-state index in [0.29, 0.717) is 17.2 Å². The van der Waals surface area contributed by atoms with Crippen molar-refractivity contribution < 1.29 is 9.53 Å². The second-order valence-corrected chi connectivity index (χ2v) is 4.37. The van der Waals surface area contributed by atoms with E-state index >= 15 is 0 Å². The minimum absolute atomic E-state index is 0.309. The van der Waals surface area contributed by atoms with Gasteiger partial charge in [0.1, 0.15) is 0 Å². The molecule has 4 heteroatoms. The number of ether oxygens (including phenoxy) is 1. The smallest absolute Gasteiger partial charge is 0.338 e. The van der Waals surface area contributed by atoms with Gasteiger partial charge >= 0.3 is 5.97 Å². The molecule has 98 valence electrons. The highest BCUT2D eigenvalue weighted by Crippen LogP contribution is 2.20. The highest BCUT2D eigenvalue weighted by atomic mass is 35.5. The zero-order valence-electron chi connectivity index (χ0n) is 10.5. The standard InChI is InChI=1S/C15H14ClNO2/c1-2-19-15(18)11-6-8-13(9-7-11)17-14-5-3-4-12(16)10-14/h3-10,17H,2H2,1H3. The molecule has 2 aromatic rings. The van der Waals surface area contributed by atoms with Gasteiger partial charge in [-0.3, -0.25) is 0 Å². The number of nitrogens with one attached hydrogen (secondary N) is 1. The number of benzene rings is 2. The Morgan fingerprint density at radius 3 is 2.53 bits per heavy atom. The van der Waals surface area contributed by atoms with Crippen LogP contribution < -0.4 is 5.32 Å². The van der Waals surface area contributed by atoms with Crippen LogP contribution in [0.1, 0.15) is 17.3 Å². The summed E-state index contributed by atoms with van der Waals surface area (Å²) in [7, 11) is 0. The van der Waals surface area contributed by atoms with E-state index in [9.17, 15) is 4.79 Å². The summed E-state index contributed by atoms with van der Waals surface area (Å²) >= 11 is 5.91. The molecule has 0 unspecified atom stereocenters. The predicted octanol–water partition coefficient (Wildman–Crippen LogP) is 4.26. The van der Waals surface area contributed by atoms with Crippen molar-refractivity contribution in [3.63, 3.8) is 0 Å². The number of carbonyl (C=O) groups excluding carboxylic acids is 1. The lowest BCUT2D eigenvalue weighted by Gasteiger charge is -2.07. The van der Waals surface area contributed by atoms with Gasteiger partial charge in [-0.05, 0) is 49.4 Å². The summed E-state index contributed by atoms with van der Waals surface area (Å²) in [6.07, 6.45) is 0. The van der Waals surface area contributed by atoms with Crippen LogP contribution in [-0.2, 0) is 4.74 Å². The molecule has 2 rings (SSSR count). The Morgan fingerprint density at radius 2 is 1.89 bits per heavy atom. The van der Waals surface area contributed by atoms with Crippen molar-refractivity contribution in [1.82, 2.24) is 0 Å². The summed E-state index contributed by atoms with van der Waals surface area (Å²) in [5.74, 6) is -0.309. The van der Waals surface area contributed by atoms with Crippen LogP contribution in [-0.4, -0.2) is 12.6 Å². The van der Waals surface area contributed by atoms with E-state index in [1.165, 1.54) is 0 Å². The second kappa shape index (κ2) is 6.25. The average Bonchev–Trinajstić information content (AvgIpc) is 2.40. The molecule has 0 aliphatic carbocycles. The summed E-state index contributed by atoms with van der Waals surface area (Å²) < 4.78 is 4.93. The Morgan fingerprint density at radius 1 is 1.16 bits per heavy atom. The van der Waals surface area contributed by atoms with Gasteiger partial charge in [-0.25, -0.2) is 4.79 Å². The minimum Gasteiger partial charge on any atom is -0.462 e. The van der Waals surface area contributed by atoms with Gasteiger partial charge in [0.2, 0.25) is 0 Å². The van der Waals surface area contributed by atoms with E-state index in [4.69, 9.17) is 16.3 Å². The van der Waals surface area contributed by atoms with Crippen molar-refractivity contribution in [1.29, 1.82) is 0 Å². The Hall–Kier alpha value is -2.00.